The molecule has 0 aliphatic heterocycles. The van der Waals surface area contributed by atoms with Crippen LogP contribution in [0.1, 0.15) is 0 Å². The van der Waals surface area contributed by atoms with Crippen LogP contribution in [0.3, 0.4) is 0 Å². The Morgan fingerprint density at radius 1 is 1.41 bits per heavy atom. The summed E-state index contributed by atoms with van der Waals surface area (Å²) in [6, 6.07) is 0. The van der Waals surface area contributed by atoms with Crippen molar-refractivity contribution in [3.8, 4) is 0 Å². The lowest BCUT2D eigenvalue weighted by molar-refractivity contribution is 0.419. The quantitative estimate of drug-likeness (QED) is 0.783. The number of nitrogens with zero attached hydrogens (tertiary/aromatic N) is 4. The monoisotopic (exact) mass is 283 g/mol. The summed E-state index contributed by atoms with van der Waals surface area (Å²) >= 11 is 0. The van der Waals surface area contributed by atoms with E-state index in [-0.39, 0.29) is 12.4 Å². The van der Waals surface area contributed by atoms with Crippen molar-refractivity contribution < 1.29 is 8.42 Å². The van der Waals surface area contributed by atoms with Crippen LogP contribution in [0.15, 0.2) is 12.4 Å². The summed E-state index contributed by atoms with van der Waals surface area (Å²) in [6.45, 7) is 0.892. The zero-order chi connectivity index (χ0) is 12.3. The van der Waals surface area contributed by atoms with E-state index in [9.17, 15) is 8.42 Å². The summed E-state index contributed by atoms with van der Waals surface area (Å²) in [7, 11) is 1.70. The van der Waals surface area contributed by atoms with Crippen LogP contribution in [0.5, 0.6) is 0 Å². The van der Waals surface area contributed by atoms with Gasteiger partial charge in [-0.15, -0.1) is 12.4 Å². The van der Waals surface area contributed by atoms with E-state index >= 15 is 0 Å². The summed E-state index contributed by atoms with van der Waals surface area (Å²) < 4.78 is 25.5. The molecule has 0 unspecified atom stereocenters. The molecule has 1 heterocycles. The molecule has 100 valence electrons. The van der Waals surface area contributed by atoms with E-state index in [1.807, 2.05) is 19.0 Å². The minimum absolute atomic E-state index is 0. The van der Waals surface area contributed by atoms with Gasteiger partial charge in [-0.2, -0.15) is 13.5 Å². The van der Waals surface area contributed by atoms with Crippen LogP contribution in [0.25, 0.3) is 0 Å². The Kier molecular flexibility index (Phi) is 5.89. The highest BCUT2D eigenvalue weighted by Gasteiger charge is 2.19. The van der Waals surface area contributed by atoms with Crippen molar-refractivity contribution in [2.75, 3.05) is 31.5 Å². The molecule has 0 aliphatic carbocycles. The van der Waals surface area contributed by atoms with Gasteiger partial charge in [0.15, 0.2) is 0 Å². The van der Waals surface area contributed by atoms with Crippen LogP contribution in [0, 0.1) is 0 Å². The highest BCUT2D eigenvalue weighted by Crippen LogP contribution is 2.14. The van der Waals surface area contributed by atoms with Gasteiger partial charge in [-0.3, -0.25) is 8.99 Å². The van der Waals surface area contributed by atoms with Gasteiger partial charge < -0.3 is 4.90 Å². The molecule has 0 atom stereocenters. The maximum atomic E-state index is 11.4. The normalized spacial score (nSPS) is 11.4. The number of likely N-dealkylation sites (N-methyl/N-ethyl adjacent to an activating group) is 1. The second-order valence-electron chi connectivity index (χ2n) is 3.79. The molecular weight excluding hydrogens is 266 g/mol. The summed E-state index contributed by atoms with van der Waals surface area (Å²) in [6.07, 6.45) is 3.08. The number of aryl methyl sites for hydroxylation is 1. The van der Waals surface area contributed by atoms with E-state index < -0.39 is 10.2 Å². The van der Waals surface area contributed by atoms with Crippen molar-refractivity contribution in [2.45, 2.75) is 0 Å². The van der Waals surface area contributed by atoms with Crippen LogP contribution < -0.4 is 9.44 Å². The van der Waals surface area contributed by atoms with Gasteiger partial charge in [0.05, 0.1) is 11.9 Å². The van der Waals surface area contributed by atoms with Crippen LogP contribution >= 0.6 is 12.4 Å². The van der Waals surface area contributed by atoms with E-state index in [4.69, 9.17) is 5.14 Å². The van der Waals surface area contributed by atoms with Gasteiger partial charge in [0.1, 0.15) is 0 Å². The van der Waals surface area contributed by atoms with Crippen molar-refractivity contribution in [3.05, 3.63) is 12.4 Å². The fourth-order valence-electron chi connectivity index (χ4n) is 1.23. The predicted octanol–water partition coefficient (Wildman–Crippen LogP) is -0.587. The van der Waals surface area contributed by atoms with E-state index in [1.54, 1.807) is 13.2 Å². The Morgan fingerprint density at radius 3 is 2.35 bits per heavy atom. The van der Waals surface area contributed by atoms with Gasteiger partial charge in [-0.1, -0.05) is 0 Å². The lowest BCUT2D eigenvalue weighted by Crippen LogP contribution is -2.40. The van der Waals surface area contributed by atoms with Crippen molar-refractivity contribution in [3.63, 3.8) is 0 Å². The number of halogens is 1. The van der Waals surface area contributed by atoms with Gasteiger partial charge in [-0.25, -0.2) is 5.14 Å². The molecule has 17 heavy (non-hydrogen) atoms. The highest BCUT2D eigenvalue weighted by atomic mass is 35.5. The number of aromatic nitrogens is 2. The van der Waals surface area contributed by atoms with E-state index in [0.717, 1.165) is 4.31 Å². The average Bonchev–Trinajstić information content (AvgIpc) is 2.49. The number of hydrogen-bond acceptors (Lipinski definition) is 4. The Labute approximate surface area is 108 Å². The first-order valence-electron chi connectivity index (χ1n) is 4.74. The number of hydrogen-bond donors (Lipinski definition) is 1. The first-order chi connectivity index (χ1) is 7.30. The summed E-state index contributed by atoms with van der Waals surface area (Å²) in [5.74, 6) is 0. The Morgan fingerprint density at radius 2 is 2.00 bits per heavy atom. The molecule has 7 nitrogen and oxygen atoms in total. The first kappa shape index (κ1) is 16.2. The van der Waals surface area contributed by atoms with Crippen molar-refractivity contribution in [2.24, 2.45) is 12.2 Å². The van der Waals surface area contributed by atoms with E-state index in [2.05, 4.69) is 5.10 Å². The summed E-state index contributed by atoms with van der Waals surface area (Å²) in [5.41, 5.74) is 0.479. The highest BCUT2D eigenvalue weighted by molar-refractivity contribution is 7.90. The molecule has 0 saturated heterocycles. The number of rotatable bonds is 5. The zero-order valence-electron chi connectivity index (χ0n) is 10.1. The second kappa shape index (κ2) is 6.20. The van der Waals surface area contributed by atoms with Crippen molar-refractivity contribution in [1.29, 1.82) is 0 Å². The molecule has 1 aromatic rings. The third kappa shape index (κ3) is 4.90. The molecular formula is C8H18ClN5O2S. The molecule has 1 rings (SSSR count). The Hall–Kier alpha value is -0.830. The third-order valence-corrected chi connectivity index (χ3v) is 3.04. The van der Waals surface area contributed by atoms with E-state index in [0.29, 0.717) is 18.8 Å². The van der Waals surface area contributed by atoms with Gasteiger partial charge in [-0.05, 0) is 14.1 Å². The minimum atomic E-state index is -3.75. The van der Waals surface area contributed by atoms with Gasteiger partial charge in [0.25, 0.3) is 10.2 Å². The van der Waals surface area contributed by atoms with Gasteiger partial charge in [0.2, 0.25) is 0 Å². The molecule has 0 spiro atoms. The molecule has 0 saturated carbocycles. The molecule has 2 N–H and O–H groups in total. The SMILES string of the molecule is CN(C)CCN(c1cnn(C)c1)S(N)(=O)=O.Cl. The smallest absolute Gasteiger partial charge is 0.299 e. The average molecular weight is 284 g/mol. The topological polar surface area (TPSA) is 84.5 Å². The minimum Gasteiger partial charge on any atom is -0.308 e. The van der Waals surface area contributed by atoms with Crippen molar-refractivity contribution >= 4 is 28.3 Å². The largest absolute Gasteiger partial charge is 0.308 e. The molecule has 1 aromatic heterocycles. The maximum absolute atomic E-state index is 11.4. The fourth-order valence-corrected chi connectivity index (χ4v) is 1.96. The van der Waals surface area contributed by atoms with Crippen LogP contribution in [-0.2, 0) is 17.3 Å². The molecule has 0 bridgehead atoms. The fraction of sp³-hybridized carbons (Fsp3) is 0.625. The lowest BCUT2D eigenvalue weighted by atomic mass is 10.5. The standard InChI is InChI=1S/C8H17N5O2S.ClH/c1-11(2)4-5-13(16(9,14)15)8-6-10-12(3)7-8;/h6-7H,4-5H2,1-3H3,(H2,9,14,15);1H. The molecule has 0 amide bonds. The molecule has 0 aromatic carbocycles. The molecule has 0 radical (unpaired) electrons. The van der Waals surface area contributed by atoms with E-state index in [1.165, 1.54) is 10.9 Å². The molecule has 0 fully saturated rings. The van der Waals surface area contributed by atoms with Crippen LogP contribution in [0.2, 0.25) is 0 Å². The third-order valence-electron chi connectivity index (χ3n) is 2.04. The van der Waals surface area contributed by atoms with Gasteiger partial charge >= 0.3 is 0 Å². The Bertz CT molecular complexity index is 445. The number of nitrogens with two attached hydrogens (primary N) is 1. The Balaban J connectivity index is 0.00000256. The summed E-state index contributed by atoms with van der Waals surface area (Å²) in [4.78, 5) is 1.88. The maximum Gasteiger partial charge on any atom is 0.299 e. The molecule has 9 heteroatoms. The molecule has 0 aliphatic rings. The first-order valence-corrected chi connectivity index (χ1v) is 6.25. The second-order valence-corrected chi connectivity index (χ2v) is 5.26. The predicted molar refractivity (Wildman–Crippen MR) is 69.5 cm³/mol. The number of anilines is 1. The van der Waals surface area contributed by atoms with Gasteiger partial charge in [0, 0.05) is 26.3 Å². The zero-order valence-corrected chi connectivity index (χ0v) is 11.7. The van der Waals surface area contributed by atoms with Crippen LogP contribution in [0.4, 0.5) is 5.69 Å². The summed E-state index contributed by atoms with van der Waals surface area (Å²) in [5, 5.41) is 9.07. The van der Waals surface area contributed by atoms with Crippen LogP contribution in [-0.4, -0.2) is 50.3 Å². The van der Waals surface area contributed by atoms with Crippen molar-refractivity contribution in [1.82, 2.24) is 14.7 Å². The lowest BCUT2D eigenvalue weighted by Gasteiger charge is -2.21.